The Labute approximate surface area is 120 Å². The maximum atomic E-state index is 11.0. The van der Waals surface area contributed by atoms with Gasteiger partial charge < -0.3 is 20.1 Å². The van der Waals surface area contributed by atoms with Crippen molar-refractivity contribution in [3.05, 3.63) is 0 Å². The Balaban J connectivity index is 0. The molecule has 0 aromatic carbocycles. The van der Waals surface area contributed by atoms with Crippen LogP contribution in [0.3, 0.4) is 0 Å². The topological polar surface area (TPSA) is 104 Å². The van der Waals surface area contributed by atoms with E-state index in [0.29, 0.717) is 6.42 Å². The van der Waals surface area contributed by atoms with Crippen LogP contribution in [0.2, 0.25) is 0 Å². The Hall–Kier alpha value is -1.14. The van der Waals surface area contributed by atoms with E-state index < -0.39 is 24.1 Å². The van der Waals surface area contributed by atoms with E-state index in [-0.39, 0.29) is 6.61 Å². The van der Waals surface area contributed by atoms with Gasteiger partial charge in [0.25, 0.3) is 0 Å². The number of carbonyl (C=O) groups is 2. The highest BCUT2D eigenvalue weighted by Gasteiger charge is 2.31. The third-order valence-electron chi connectivity index (χ3n) is 2.54. The van der Waals surface area contributed by atoms with E-state index in [9.17, 15) is 9.59 Å². The fourth-order valence-electron chi connectivity index (χ4n) is 1.05. The van der Waals surface area contributed by atoms with Gasteiger partial charge in [0.05, 0.1) is 6.61 Å². The van der Waals surface area contributed by atoms with Gasteiger partial charge in [-0.1, -0.05) is 52.9 Å². The van der Waals surface area contributed by atoms with Crippen molar-refractivity contribution < 1.29 is 29.6 Å². The van der Waals surface area contributed by atoms with Crippen molar-refractivity contribution in [2.75, 3.05) is 6.61 Å². The standard InChI is InChI=1S/C10H18O6.C4H10/c1-2-3-4-5-6-16-10(15)8(12)7(11)9(13)14;1-3-4-2/h7-8,11-12H,2-6H2,1H3,(H,13,14);3-4H2,1-2H3. The number of aliphatic hydroxyl groups excluding tert-OH is 2. The van der Waals surface area contributed by atoms with Crippen LogP contribution in [0.1, 0.15) is 59.3 Å². The fourth-order valence-corrected chi connectivity index (χ4v) is 1.05. The van der Waals surface area contributed by atoms with E-state index in [2.05, 4.69) is 18.6 Å². The van der Waals surface area contributed by atoms with Crippen molar-refractivity contribution in [2.24, 2.45) is 0 Å². The molecule has 0 rings (SSSR count). The average Bonchev–Trinajstić information content (AvgIpc) is 2.45. The summed E-state index contributed by atoms with van der Waals surface area (Å²) in [5.41, 5.74) is 0. The number of ether oxygens (including phenoxy) is 1. The Morgan fingerprint density at radius 3 is 1.85 bits per heavy atom. The Morgan fingerprint density at radius 1 is 0.900 bits per heavy atom. The second kappa shape index (κ2) is 14.3. The molecule has 0 bridgehead atoms. The highest BCUT2D eigenvalue weighted by atomic mass is 16.5. The first-order chi connectivity index (χ1) is 9.42. The molecule has 0 heterocycles. The molecule has 6 nitrogen and oxygen atoms in total. The maximum absolute atomic E-state index is 11.0. The summed E-state index contributed by atoms with van der Waals surface area (Å²) in [7, 11) is 0. The van der Waals surface area contributed by atoms with Gasteiger partial charge in [0.1, 0.15) is 0 Å². The number of carbonyl (C=O) groups excluding carboxylic acids is 1. The molecular formula is C14H28O6. The van der Waals surface area contributed by atoms with Gasteiger partial charge in [0, 0.05) is 0 Å². The van der Waals surface area contributed by atoms with Crippen LogP contribution in [0.5, 0.6) is 0 Å². The Morgan fingerprint density at radius 2 is 1.45 bits per heavy atom. The zero-order valence-electron chi connectivity index (χ0n) is 12.7. The summed E-state index contributed by atoms with van der Waals surface area (Å²) >= 11 is 0. The quantitative estimate of drug-likeness (QED) is 0.441. The second-order valence-electron chi connectivity index (χ2n) is 4.46. The molecule has 0 amide bonds. The minimum atomic E-state index is -2.14. The highest BCUT2D eigenvalue weighted by molar-refractivity contribution is 5.84. The fraction of sp³-hybridized carbons (Fsp3) is 0.857. The molecular weight excluding hydrogens is 264 g/mol. The van der Waals surface area contributed by atoms with Crippen molar-refractivity contribution in [2.45, 2.75) is 71.5 Å². The number of hydrogen-bond acceptors (Lipinski definition) is 5. The van der Waals surface area contributed by atoms with Gasteiger partial charge in [0.15, 0.2) is 12.2 Å². The number of aliphatic hydroxyl groups is 2. The van der Waals surface area contributed by atoms with Gasteiger partial charge in [-0.05, 0) is 6.42 Å². The van der Waals surface area contributed by atoms with Crippen molar-refractivity contribution in [3.8, 4) is 0 Å². The molecule has 2 unspecified atom stereocenters. The summed E-state index contributed by atoms with van der Waals surface area (Å²) < 4.78 is 4.61. The van der Waals surface area contributed by atoms with Gasteiger partial charge in [-0.3, -0.25) is 0 Å². The van der Waals surface area contributed by atoms with E-state index in [1.807, 2.05) is 6.92 Å². The molecule has 0 saturated heterocycles. The third-order valence-corrected chi connectivity index (χ3v) is 2.54. The monoisotopic (exact) mass is 292 g/mol. The first kappa shape index (κ1) is 21.2. The molecule has 0 aromatic heterocycles. The van der Waals surface area contributed by atoms with Crippen molar-refractivity contribution in [1.29, 1.82) is 0 Å². The van der Waals surface area contributed by atoms with Crippen LogP contribution >= 0.6 is 0 Å². The lowest BCUT2D eigenvalue weighted by Gasteiger charge is -2.12. The lowest BCUT2D eigenvalue weighted by Crippen LogP contribution is -2.40. The summed E-state index contributed by atoms with van der Waals surface area (Å²) in [5, 5.41) is 26.2. The van der Waals surface area contributed by atoms with Crippen LogP contribution in [0.4, 0.5) is 0 Å². The van der Waals surface area contributed by atoms with Crippen LogP contribution in [0.25, 0.3) is 0 Å². The normalized spacial score (nSPS) is 12.8. The average molecular weight is 292 g/mol. The number of carboxylic acids is 1. The van der Waals surface area contributed by atoms with Gasteiger partial charge in [-0.15, -0.1) is 0 Å². The van der Waals surface area contributed by atoms with Gasteiger partial charge in [0.2, 0.25) is 0 Å². The summed E-state index contributed by atoms with van der Waals surface area (Å²) in [6.45, 7) is 6.53. The first-order valence-corrected chi connectivity index (χ1v) is 7.17. The van der Waals surface area contributed by atoms with Crippen molar-refractivity contribution in [1.82, 2.24) is 0 Å². The lowest BCUT2D eigenvalue weighted by atomic mass is 10.2. The molecule has 3 N–H and O–H groups in total. The lowest BCUT2D eigenvalue weighted by molar-refractivity contribution is -0.169. The first-order valence-electron chi connectivity index (χ1n) is 7.17. The molecule has 0 aliphatic carbocycles. The molecule has 20 heavy (non-hydrogen) atoms. The maximum Gasteiger partial charge on any atom is 0.338 e. The molecule has 2 atom stereocenters. The van der Waals surface area contributed by atoms with Crippen LogP contribution in [-0.4, -0.2) is 46.1 Å². The van der Waals surface area contributed by atoms with Crippen LogP contribution in [0.15, 0.2) is 0 Å². The zero-order valence-corrected chi connectivity index (χ0v) is 12.7. The number of unbranched alkanes of at least 4 members (excludes halogenated alkanes) is 4. The minimum Gasteiger partial charge on any atom is -0.479 e. The van der Waals surface area contributed by atoms with E-state index in [4.69, 9.17) is 15.3 Å². The van der Waals surface area contributed by atoms with Gasteiger partial charge in [-0.25, -0.2) is 9.59 Å². The molecule has 0 saturated carbocycles. The van der Waals surface area contributed by atoms with E-state index in [1.54, 1.807) is 0 Å². The van der Waals surface area contributed by atoms with Crippen LogP contribution in [0, 0.1) is 0 Å². The van der Waals surface area contributed by atoms with Crippen LogP contribution < -0.4 is 0 Å². The SMILES string of the molecule is CCCC.CCCCCCOC(=O)C(O)C(O)C(=O)O. The van der Waals surface area contributed by atoms with Crippen LogP contribution in [-0.2, 0) is 14.3 Å². The van der Waals surface area contributed by atoms with E-state index >= 15 is 0 Å². The molecule has 0 fully saturated rings. The molecule has 0 aliphatic rings. The number of carboxylic acid groups (broad SMARTS) is 1. The molecule has 0 aromatic rings. The smallest absolute Gasteiger partial charge is 0.338 e. The van der Waals surface area contributed by atoms with Crippen molar-refractivity contribution in [3.63, 3.8) is 0 Å². The zero-order chi connectivity index (χ0) is 16.0. The van der Waals surface area contributed by atoms with Crippen molar-refractivity contribution >= 4 is 11.9 Å². The molecule has 0 radical (unpaired) electrons. The largest absolute Gasteiger partial charge is 0.479 e. The number of aliphatic carboxylic acids is 1. The Bertz CT molecular complexity index is 252. The predicted molar refractivity (Wildman–Crippen MR) is 75.3 cm³/mol. The number of esters is 1. The molecule has 0 spiro atoms. The summed E-state index contributed by atoms with van der Waals surface area (Å²) in [6.07, 6.45) is 2.12. The molecule has 120 valence electrons. The van der Waals surface area contributed by atoms with Gasteiger partial charge in [-0.2, -0.15) is 0 Å². The van der Waals surface area contributed by atoms with E-state index in [1.165, 1.54) is 12.8 Å². The van der Waals surface area contributed by atoms with Gasteiger partial charge >= 0.3 is 11.9 Å². The summed E-state index contributed by atoms with van der Waals surface area (Å²) in [6, 6.07) is 0. The molecule has 6 heteroatoms. The third kappa shape index (κ3) is 11.9. The molecule has 0 aliphatic heterocycles. The summed E-state index contributed by atoms with van der Waals surface area (Å²) in [4.78, 5) is 21.3. The van der Waals surface area contributed by atoms with E-state index in [0.717, 1.165) is 19.3 Å². The predicted octanol–water partition coefficient (Wildman–Crippen LogP) is 1.72. The minimum absolute atomic E-state index is 0.127. The highest BCUT2D eigenvalue weighted by Crippen LogP contribution is 2.02. The Kier molecular flexibility index (Phi) is 15.1. The summed E-state index contributed by atoms with van der Waals surface area (Å²) in [5.74, 6) is -2.76. The second-order valence-corrected chi connectivity index (χ2v) is 4.46. The number of hydrogen-bond donors (Lipinski definition) is 3. The number of rotatable bonds is 9.